The molecule has 8 nitrogen and oxygen atoms in total. The topological polar surface area (TPSA) is 116 Å². The number of anilines is 1. The first-order valence-corrected chi connectivity index (χ1v) is 6.74. The van der Waals surface area contributed by atoms with Crippen LogP contribution < -0.4 is 15.8 Å². The molecule has 0 radical (unpaired) electrons. The van der Waals surface area contributed by atoms with Gasteiger partial charge >= 0.3 is 0 Å². The van der Waals surface area contributed by atoms with Crippen molar-refractivity contribution in [3.8, 4) is 17.1 Å². The summed E-state index contributed by atoms with van der Waals surface area (Å²) in [6.07, 6.45) is 3.06. The Morgan fingerprint density at radius 3 is 2.96 bits per heavy atom. The van der Waals surface area contributed by atoms with Crippen molar-refractivity contribution in [2.45, 2.75) is 6.54 Å². The molecule has 118 valence electrons. The van der Waals surface area contributed by atoms with E-state index in [2.05, 4.69) is 15.5 Å². The molecule has 0 saturated carbocycles. The lowest BCUT2D eigenvalue weighted by Crippen LogP contribution is -2.11. The summed E-state index contributed by atoms with van der Waals surface area (Å²) in [5.41, 5.74) is 6.99. The maximum Gasteiger partial charge on any atom is 0.248 e. The molecule has 2 aromatic heterocycles. The van der Waals surface area contributed by atoms with E-state index in [0.29, 0.717) is 28.7 Å². The van der Waals surface area contributed by atoms with Crippen LogP contribution in [-0.2, 0) is 6.54 Å². The third kappa shape index (κ3) is 3.15. The zero-order valence-corrected chi connectivity index (χ0v) is 12.3. The van der Waals surface area contributed by atoms with Crippen molar-refractivity contribution in [2.24, 2.45) is 5.73 Å². The second-order valence-corrected chi connectivity index (χ2v) is 4.66. The van der Waals surface area contributed by atoms with Crippen molar-refractivity contribution < 1.29 is 18.5 Å². The lowest BCUT2D eigenvalue weighted by molar-refractivity contribution is 0.100. The summed E-state index contributed by atoms with van der Waals surface area (Å²) in [5, 5.41) is 6.95. The first-order valence-electron chi connectivity index (χ1n) is 6.74. The van der Waals surface area contributed by atoms with E-state index in [4.69, 9.17) is 19.4 Å². The second-order valence-electron chi connectivity index (χ2n) is 4.66. The van der Waals surface area contributed by atoms with Crippen molar-refractivity contribution in [1.82, 2.24) is 10.1 Å². The highest BCUT2D eigenvalue weighted by Crippen LogP contribution is 2.26. The van der Waals surface area contributed by atoms with E-state index in [1.165, 1.54) is 19.6 Å². The fourth-order valence-electron chi connectivity index (χ4n) is 2.01. The zero-order chi connectivity index (χ0) is 16.2. The van der Waals surface area contributed by atoms with Crippen molar-refractivity contribution in [3.05, 3.63) is 48.2 Å². The van der Waals surface area contributed by atoms with E-state index in [0.717, 1.165) is 5.56 Å². The van der Waals surface area contributed by atoms with Gasteiger partial charge in [-0.25, -0.2) is 0 Å². The molecule has 2 heterocycles. The largest absolute Gasteiger partial charge is 0.495 e. The number of carbonyl (C=O) groups excluding carboxylic acids is 1. The lowest BCUT2D eigenvalue weighted by Gasteiger charge is -2.10. The number of hydrogen-bond acceptors (Lipinski definition) is 7. The minimum Gasteiger partial charge on any atom is -0.495 e. The fraction of sp³-hybridized carbons (Fsp3) is 0.133. The Bertz CT molecular complexity index is 811. The first-order chi connectivity index (χ1) is 11.2. The number of ether oxygens (including phenoxy) is 1. The second kappa shape index (κ2) is 6.22. The standard InChI is InChI=1S/C15H14N4O4/c1-21-12-3-2-9(14(16)20)6-11(12)17-7-13-18-15(19-23-13)10-4-5-22-8-10/h2-6,8,17H,7H2,1H3,(H2,16,20). The van der Waals surface area contributed by atoms with E-state index < -0.39 is 5.91 Å². The van der Waals surface area contributed by atoms with Gasteiger partial charge in [0.15, 0.2) is 0 Å². The molecular weight excluding hydrogens is 300 g/mol. The van der Waals surface area contributed by atoms with Crippen LogP contribution in [0.5, 0.6) is 5.75 Å². The average molecular weight is 314 g/mol. The quantitative estimate of drug-likeness (QED) is 0.715. The maximum absolute atomic E-state index is 11.3. The molecule has 8 heteroatoms. The monoisotopic (exact) mass is 314 g/mol. The van der Waals surface area contributed by atoms with Gasteiger partial charge in [-0.05, 0) is 24.3 Å². The van der Waals surface area contributed by atoms with Crippen molar-refractivity contribution in [2.75, 3.05) is 12.4 Å². The summed E-state index contributed by atoms with van der Waals surface area (Å²) >= 11 is 0. The number of furan rings is 1. The fourth-order valence-corrected chi connectivity index (χ4v) is 2.01. The molecule has 0 aliphatic carbocycles. The van der Waals surface area contributed by atoms with Crippen molar-refractivity contribution in [3.63, 3.8) is 0 Å². The molecule has 3 N–H and O–H groups in total. The molecule has 0 atom stereocenters. The van der Waals surface area contributed by atoms with Gasteiger partial charge in [-0.3, -0.25) is 4.79 Å². The molecule has 1 amide bonds. The van der Waals surface area contributed by atoms with Gasteiger partial charge in [-0.15, -0.1) is 0 Å². The van der Waals surface area contributed by atoms with Crippen LogP contribution in [-0.4, -0.2) is 23.2 Å². The van der Waals surface area contributed by atoms with Gasteiger partial charge in [-0.1, -0.05) is 5.16 Å². The van der Waals surface area contributed by atoms with Crippen LogP contribution in [0, 0.1) is 0 Å². The number of amides is 1. The molecule has 0 fully saturated rings. The van der Waals surface area contributed by atoms with E-state index in [-0.39, 0.29) is 6.54 Å². The summed E-state index contributed by atoms with van der Waals surface area (Å²) in [7, 11) is 1.54. The molecule has 0 saturated heterocycles. The molecule has 0 spiro atoms. The number of methoxy groups -OCH3 is 1. The number of nitrogens with one attached hydrogen (secondary N) is 1. The van der Waals surface area contributed by atoms with Crippen LogP contribution >= 0.6 is 0 Å². The van der Waals surface area contributed by atoms with Crippen LogP contribution in [0.2, 0.25) is 0 Å². The zero-order valence-electron chi connectivity index (χ0n) is 12.3. The van der Waals surface area contributed by atoms with Gasteiger partial charge in [0.05, 0.1) is 31.2 Å². The average Bonchev–Trinajstić information content (AvgIpc) is 3.23. The number of benzene rings is 1. The Kier molecular flexibility index (Phi) is 3.96. The van der Waals surface area contributed by atoms with Gasteiger partial charge in [0.2, 0.25) is 17.6 Å². The van der Waals surface area contributed by atoms with Crippen molar-refractivity contribution >= 4 is 11.6 Å². The SMILES string of the molecule is COc1ccc(C(N)=O)cc1NCc1nc(-c2ccoc2)no1. The third-order valence-electron chi connectivity index (χ3n) is 3.16. The van der Waals surface area contributed by atoms with Gasteiger partial charge < -0.3 is 24.7 Å². The molecule has 3 aromatic rings. The minimum atomic E-state index is -0.518. The predicted molar refractivity (Wildman–Crippen MR) is 80.8 cm³/mol. The smallest absolute Gasteiger partial charge is 0.248 e. The molecule has 1 aromatic carbocycles. The van der Waals surface area contributed by atoms with E-state index in [1.807, 2.05) is 0 Å². The highest BCUT2D eigenvalue weighted by atomic mass is 16.5. The summed E-state index contributed by atoms with van der Waals surface area (Å²) < 4.78 is 15.4. The van der Waals surface area contributed by atoms with Gasteiger partial charge in [-0.2, -0.15) is 4.98 Å². The number of aromatic nitrogens is 2. The van der Waals surface area contributed by atoms with E-state index >= 15 is 0 Å². The lowest BCUT2D eigenvalue weighted by atomic mass is 10.1. The van der Waals surface area contributed by atoms with E-state index in [9.17, 15) is 4.79 Å². The number of nitrogens with zero attached hydrogens (tertiary/aromatic N) is 2. The number of nitrogens with two attached hydrogens (primary N) is 1. The van der Waals surface area contributed by atoms with Crippen LogP contribution in [0.4, 0.5) is 5.69 Å². The third-order valence-corrected chi connectivity index (χ3v) is 3.16. The Morgan fingerprint density at radius 1 is 1.39 bits per heavy atom. The van der Waals surface area contributed by atoms with E-state index in [1.54, 1.807) is 24.3 Å². The summed E-state index contributed by atoms with van der Waals surface area (Å²) in [6, 6.07) is 6.60. The van der Waals surface area contributed by atoms with Crippen LogP contribution in [0.1, 0.15) is 16.2 Å². The molecule has 0 bridgehead atoms. The van der Waals surface area contributed by atoms with Gasteiger partial charge in [0, 0.05) is 5.56 Å². The molecule has 0 aliphatic rings. The molecule has 0 aliphatic heterocycles. The molecule has 3 rings (SSSR count). The highest BCUT2D eigenvalue weighted by Gasteiger charge is 2.12. The Morgan fingerprint density at radius 2 is 2.26 bits per heavy atom. The van der Waals surface area contributed by atoms with Crippen LogP contribution in [0.3, 0.4) is 0 Å². The summed E-state index contributed by atoms with van der Waals surface area (Å²) in [5.74, 6) is 0.876. The Labute approximate surface area is 131 Å². The minimum absolute atomic E-state index is 0.267. The highest BCUT2D eigenvalue weighted by molar-refractivity contribution is 5.94. The van der Waals surface area contributed by atoms with Crippen LogP contribution in [0.15, 0.2) is 45.7 Å². The molecule has 0 unspecified atom stereocenters. The maximum atomic E-state index is 11.3. The summed E-state index contributed by atoms with van der Waals surface area (Å²) in [6.45, 7) is 0.267. The summed E-state index contributed by atoms with van der Waals surface area (Å²) in [4.78, 5) is 15.5. The number of rotatable bonds is 6. The first kappa shape index (κ1) is 14.6. The normalized spacial score (nSPS) is 10.5. The van der Waals surface area contributed by atoms with Gasteiger partial charge in [0.25, 0.3) is 0 Å². The molecule has 23 heavy (non-hydrogen) atoms. The van der Waals surface area contributed by atoms with Crippen molar-refractivity contribution in [1.29, 1.82) is 0 Å². The molecular formula is C15H14N4O4. The van der Waals surface area contributed by atoms with Gasteiger partial charge in [0.1, 0.15) is 12.0 Å². The predicted octanol–water partition coefficient (Wildman–Crippen LogP) is 2.05. The Balaban J connectivity index is 1.75. The number of carbonyl (C=O) groups is 1. The van der Waals surface area contributed by atoms with Crippen LogP contribution in [0.25, 0.3) is 11.4 Å². The Hall–Kier alpha value is -3.29. The number of primary amides is 1. The number of hydrogen-bond donors (Lipinski definition) is 2.